The first-order valence-electron chi connectivity index (χ1n) is 10.7. The van der Waals surface area contributed by atoms with Gasteiger partial charge in [-0.2, -0.15) is 0 Å². The van der Waals surface area contributed by atoms with Gasteiger partial charge in [-0.05, 0) is 32.5 Å². The number of rotatable bonds is 8. The molecule has 0 saturated carbocycles. The minimum absolute atomic E-state index is 0.486. The van der Waals surface area contributed by atoms with Crippen LogP contribution in [-0.2, 0) is 6.54 Å². The lowest BCUT2D eigenvalue weighted by atomic mass is 10.1. The molecular formula is C22H34N6O. The molecule has 29 heavy (non-hydrogen) atoms. The molecule has 0 aliphatic carbocycles. The molecule has 7 heteroatoms. The van der Waals surface area contributed by atoms with Crippen LogP contribution in [0.2, 0.25) is 0 Å². The summed E-state index contributed by atoms with van der Waals surface area (Å²) in [5, 5.41) is 6.74. The highest BCUT2D eigenvalue weighted by Gasteiger charge is 2.14. The highest BCUT2D eigenvalue weighted by atomic mass is 16.3. The van der Waals surface area contributed by atoms with Crippen molar-refractivity contribution in [1.82, 2.24) is 25.4 Å². The van der Waals surface area contributed by atoms with Crippen LogP contribution in [0.15, 0.2) is 39.9 Å². The number of aromatic nitrogens is 1. The SMILES string of the molecule is CCNC(=NCc1coc(-c2ccc(C)cc2)n1)NCCN1CCN(CC)CC1. The van der Waals surface area contributed by atoms with Crippen molar-refractivity contribution in [3.8, 4) is 11.5 Å². The Morgan fingerprint density at radius 1 is 1.07 bits per heavy atom. The lowest BCUT2D eigenvalue weighted by Gasteiger charge is -2.34. The predicted octanol–water partition coefficient (Wildman–Crippen LogP) is 2.34. The Morgan fingerprint density at radius 3 is 2.48 bits per heavy atom. The van der Waals surface area contributed by atoms with Crippen LogP contribution in [0.25, 0.3) is 11.5 Å². The fourth-order valence-corrected chi connectivity index (χ4v) is 3.37. The number of oxazole rings is 1. The average molecular weight is 399 g/mol. The molecule has 3 rings (SSSR count). The van der Waals surface area contributed by atoms with Crippen LogP contribution in [0, 0.1) is 6.92 Å². The molecule has 0 amide bonds. The molecule has 0 bridgehead atoms. The Balaban J connectivity index is 1.48. The molecule has 7 nitrogen and oxygen atoms in total. The lowest BCUT2D eigenvalue weighted by molar-refractivity contribution is 0.139. The van der Waals surface area contributed by atoms with Gasteiger partial charge in [0.2, 0.25) is 5.89 Å². The molecule has 0 spiro atoms. The van der Waals surface area contributed by atoms with Crippen LogP contribution in [-0.4, -0.2) is 73.1 Å². The van der Waals surface area contributed by atoms with Crippen LogP contribution in [0.5, 0.6) is 0 Å². The van der Waals surface area contributed by atoms with Crippen LogP contribution in [0.3, 0.4) is 0 Å². The number of hydrogen-bond donors (Lipinski definition) is 2. The standard InChI is InChI=1S/C22H34N6O/c1-4-23-22(24-10-11-28-14-12-27(5-2)13-15-28)25-16-20-17-29-21(26-20)19-8-6-18(3)7-9-19/h6-9,17H,4-5,10-16H2,1-3H3,(H2,23,24,25). The van der Waals surface area contributed by atoms with Crippen LogP contribution in [0.1, 0.15) is 25.1 Å². The third kappa shape index (κ3) is 6.58. The van der Waals surface area contributed by atoms with E-state index in [1.54, 1.807) is 6.26 Å². The van der Waals surface area contributed by atoms with Gasteiger partial charge in [-0.1, -0.05) is 24.6 Å². The monoisotopic (exact) mass is 398 g/mol. The molecule has 1 aliphatic rings. The number of hydrogen-bond acceptors (Lipinski definition) is 5. The third-order valence-electron chi connectivity index (χ3n) is 5.23. The first-order chi connectivity index (χ1) is 14.2. The number of benzene rings is 1. The number of nitrogens with one attached hydrogen (secondary N) is 2. The van der Waals surface area contributed by atoms with E-state index in [0.717, 1.165) is 56.5 Å². The number of likely N-dealkylation sites (N-methyl/N-ethyl adjacent to an activating group) is 1. The fraction of sp³-hybridized carbons (Fsp3) is 0.545. The van der Waals surface area contributed by atoms with E-state index < -0.39 is 0 Å². The Labute approximate surface area is 174 Å². The molecule has 0 unspecified atom stereocenters. The van der Waals surface area contributed by atoms with Crippen molar-refractivity contribution in [2.24, 2.45) is 4.99 Å². The quantitative estimate of drug-likeness (QED) is 0.526. The number of guanidine groups is 1. The second kappa shape index (κ2) is 11.0. The van der Waals surface area contributed by atoms with Gasteiger partial charge in [-0.25, -0.2) is 9.98 Å². The van der Waals surface area contributed by atoms with E-state index in [1.165, 1.54) is 18.7 Å². The summed E-state index contributed by atoms with van der Waals surface area (Å²) in [6.07, 6.45) is 1.69. The summed E-state index contributed by atoms with van der Waals surface area (Å²) in [5.41, 5.74) is 3.03. The number of piperazine rings is 1. The highest BCUT2D eigenvalue weighted by molar-refractivity contribution is 5.79. The Morgan fingerprint density at radius 2 is 1.79 bits per heavy atom. The highest BCUT2D eigenvalue weighted by Crippen LogP contribution is 2.19. The maximum Gasteiger partial charge on any atom is 0.226 e. The van der Waals surface area contributed by atoms with Crippen molar-refractivity contribution in [3.63, 3.8) is 0 Å². The molecule has 1 aromatic heterocycles. The average Bonchev–Trinajstić information content (AvgIpc) is 3.22. The maximum absolute atomic E-state index is 5.63. The van der Waals surface area contributed by atoms with Gasteiger partial charge in [0.05, 0.1) is 6.54 Å². The van der Waals surface area contributed by atoms with Crippen molar-refractivity contribution in [2.75, 3.05) is 52.4 Å². The van der Waals surface area contributed by atoms with E-state index in [1.807, 2.05) is 12.1 Å². The summed E-state index contributed by atoms with van der Waals surface area (Å²) in [5.74, 6) is 1.46. The van der Waals surface area contributed by atoms with E-state index in [9.17, 15) is 0 Å². The summed E-state index contributed by atoms with van der Waals surface area (Å²) in [4.78, 5) is 14.2. The minimum Gasteiger partial charge on any atom is -0.444 e. The topological polar surface area (TPSA) is 68.9 Å². The summed E-state index contributed by atoms with van der Waals surface area (Å²) in [7, 11) is 0. The smallest absolute Gasteiger partial charge is 0.226 e. The maximum atomic E-state index is 5.63. The second-order valence-corrected chi connectivity index (χ2v) is 7.41. The van der Waals surface area contributed by atoms with Crippen molar-refractivity contribution in [2.45, 2.75) is 27.3 Å². The number of aryl methyl sites for hydroxylation is 1. The van der Waals surface area contributed by atoms with Crippen molar-refractivity contribution < 1.29 is 4.42 Å². The van der Waals surface area contributed by atoms with Gasteiger partial charge < -0.3 is 20.0 Å². The fourth-order valence-electron chi connectivity index (χ4n) is 3.37. The molecule has 158 valence electrons. The summed E-state index contributed by atoms with van der Waals surface area (Å²) < 4.78 is 5.63. The Hall–Kier alpha value is -2.38. The van der Waals surface area contributed by atoms with E-state index >= 15 is 0 Å². The van der Waals surface area contributed by atoms with E-state index in [2.05, 4.69) is 63.3 Å². The molecule has 1 aromatic carbocycles. The molecule has 1 aliphatic heterocycles. The zero-order valence-corrected chi connectivity index (χ0v) is 17.9. The summed E-state index contributed by atoms with van der Waals surface area (Å²) >= 11 is 0. The van der Waals surface area contributed by atoms with Gasteiger partial charge in [-0.3, -0.25) is 4.90 Å². The molecule has 1 fully saturated rings. The van der Waals surface area contributed by atoms with Gasteiger partial charge in [0, 0.05) is 51.4 Å². The van der Waals surface area contributed by atoms with E-state index in [-0.39, 0.29) is 0 Å². The van der Waals surface area contributed by atoms with Crippen LogP contribution in [0.4, 0.5) is 0 Å². The first kappa shape index (κ1) is 21.3. The van der Waals surface area contributed by atoms with Crippen molar-refractivity contribution >= 4 is 5.96 Å². The zero-order valence-electron chi connectivity index (χ0n) is 17.9. The zero-order chi connectivity index (χ0) is 20.5. The Kier molecular flexibility index (Phi) is 8.07. The van der Waals surface area contributed by atoms with Crippen LogP contribution < -0.4 is 10.6 Å². The number of aliphatic imine (C=N–C) groups is 1. The van der Waals surface area contributed by atoms with Crippen molar-refractivity contribution in [3.05, 3.63) is 41.8 Å². The van der Waals surface area contributed by atoms with Gasteiger partial charge in [0.1, 0.15) is 12.0 Å². The Bertz CT molecular complexity index is 762. The molecule has 2 aromatic rings. The molecule has 0 atom stereocenters. The lowest BCUT2D eigenvalue weighted by Crippen LogP contribution is -2.49. The normalized spacial score (nSPS) is 16.2. The van der Waals surface area contributed by atoms with Gasteiger partial charge in [0.15, 0.2) is 5.96 Å². The minimum atomic E-state index is 0.486. The first-order valence-corrected chi connectivity index (χ1v) is 10.7. The second-order valence-electron chi connectivity index (χ2n) is 7.41. The largest absolute Gasteiger partial charge is 0.444 e. The van der Waals surface area contributed by atoms with Crippen LogP contribution >= 0.6 is 0 Å². The molecule has 2 N–H and O–H groups in total. The predicted molar refractivity (Wildman–Crippen MR) is 118 cm³/mol. The van der Waals surface area contributed by atoms with E-state index in [4.69, 9.17) is 4.42 Å². The summed E-state index contributed by atoms with van der Waals surface area (Å²) in [6, 6.07) is 8.18. The van der Waals surface area contributed by atoms with Gasteiger partial charge >= 0.3 is 0 Å². The molecular weight excluding hydrogens is 364 g/mol. The van der Waals surface area contributed by atoms with Crippen molar-refractivity contribution in [1.29, 1.82) is 0 Å². The molecule has 1 saturated heterocycles. The molecule has 2 heterocycles. The third-order valence-corrected chi connectivity index (χ3v) is 5.23. The molecule has 0 radical (unpaired) electrons. The van der Waals surface area contributed by atoms with E-state index in [0.29, 0.717) is 12.4 Å². The van der Waals surface area contributed by atoms with Gasteiger partial charge in [0.25, 0.3) is 0 Å². The van der Waals surface area contributed by atoms with Gasteiger partial charge in [-0.15, -0.1) is 0 Å². The number of nitrogens with zero attached hydrogens (tertiary/aromatic N) is 4. The summed E-state index contributed by atoms with van der Waals surface area (Å²) in [6.45, 7) is 15.4.